The predicted molar refractivity (Wildman–Crippen MR) is 72.3 cm³/mol. The van der Waals surface area contributed by atoms with Gasteiger partial charge in [-0.05, 0) is 18.2 Å². The van der Waals surface area contributed by atoms with E-state index in [1.165, 1.54) is 0 Å². The van der Waals surface area contributed by atoms with Crippen molar-refractivity contribution >= 4 is 11.6 Å². The SMILES string of the molecule is C#Cc1cccc(NC(=O)CN2CCNCC2)c1. The van der Waals surface area contributed by atoms with Crippen LogP contribution in [0.4, 0.5) is 5.69 Å². The van der Waals surface area contributed by atoms with Crippen LogP contribution in [0.15, 0.2) is 24.3 Å². The topological polar surface area (TPSA) is 44.4 Å². The molecule has 0 bridgehead atoms. The summed E-state index contributed by atoms with van der Waals surface area (Å²) in [6.45, 7) is 4.15. The summed E-state index contributed by atoms with van der Waals surface area (Å²) in [7, 11) is 0. The Balaban J connectivity index is 1.88. The van der Waals surface area contributed by atoms with E-state index in [0.717, 1.165) is 37.4 Å². The first kappa shape index (κ1) is 12.6. The van der Waals surface area contributed by atoms with Crippen LogP contribution in [0.3, 0.4) is 0 Å². The van der Waals surface area contributed by atoms with Gasteiger partial charge in [0.2, 0.25) is 5.91 Å². The van der Waals surface area contributed by atoms with Gasteiger partial charge in [-0.1, -0.05) is 12.0 Å². The minimum Gasteiger partial charge on any atom is -0.325 e. The average Bonchev–Trinajstić information content (AvgIpc) is 2.40. The molecule has 0 aromatic heterocycles. The van der Waals surface area contributed by atoms with Crippen molar-refractivity contribution in [2.24, 2.45) is 0 Å². The Hall–Kier alpha value is -1.83. The number of anilines is 1. The fourth-order valence-electron chi connectivity index (χ4n) is 1.96. The fourth-order valence-corrected chi connectivity index (χ4v) is 1.96. The highest BCUT2D eigenvalue weighted by molar-refractivity contribution is 5.92. The van der Waals surface area contributed by atoms with Gasteiger partial charge in [-0.25, -0.2) is 0 Å². The zero-order valence-electron chi connectivity index (χ0n) is 10.3. The number of amides is 1. The Bertz CT molecular complexity index is 458. The number of hydrogen-bond donors (Lipinski definition) is 2. The van der Waals surface area contributed by atoms with Crippen LogP contribution in [0.5, 0.6) is 0 Å². The van der Waals surface area contributed by atoms with Crippen LogP contribution in [0.25, 0.3) is 0 Å². The van der Waals surface area contributed by atoms with Crippen LogP contribution < -0.4 is 10.6 Å². The Morgan fingerprint density at radius 2 is 2.22 bits per heavy atom. The lowest BCUT2D eigenvalue weighted by Gasteiger charge is -2.26. The summed E-state index contributed by atoms with van der Waals surface area (Å²) in [6.07, 6.45) is 5.32. The molecule has 1 aromatic rings. The number of carbonyl (C=O) groups excluding carboxylic acids is 1. The molecule has 94 valence electrons. The molecule has 4 nitrogen and oxygen atoms in total. The quantitative estimate of drug-likeness (QED) is 0.760. The van der Waals surface area contributed by atoms with E-state index in [1.807, 2.05) is 18.2 Å². The smallest absolute Gasteiger partial charge is 0.238 e. The van der Waals surface area contributed by atoms with Crippen LogP contribution >= 0.6 is 0 Å². The molecule has 1 aromatic carbocycles. The maximum Gasteiger partial charge on any atom is 0.238 e. The molecule has 2 N–H and O–H groups in total. The van der Waals surface area contributed by atoms with Gasteiger partial charge in [-0.3, -0.25) is 9.69 Å². The van der Waals surface area contributed by atoms with E-state index >= 15 is 0 Å². The highest BCUT2D eigenvalue weighted by atomic mass is 16.2. The van der Waals surface area contributed by atoms with Crippen molar-refractivity contribution in [2.75, 3.05) is 38.0 Å². The predicted octanol–water partition coefficient (Wildman–Crippen LogP) is 0.512. The molecule has 1 aliphatic rings. The molecule has 2 rings (SSSR count). The number of carbonyl (C=O) groups is 1. The summed E-state index contributed by atoms with van der Waals surface area (Å²) < 4.78 is 0. The molecule has 1 saturated heterocycles. The first-order valence-electron chi connectivity index (χ1n) is 6.07. The van der Waals surface area contributed by atoms with E-state index < -0.39 is 0 Å². The maximum absolute atomic E-state index is 11.9. The third-order valence-electron chi connectivity index (χ3n) is 2.89. The second-order valence-corrected chi connectivity index (χ2v) is 4.30. The average molecular weight is 243 g/mol. The van der Waals surface area contributed by atoms with E-state index in [1.54, 1.807) is 6.07 Å². The lowest BCUT2D eigenvalue weighted by Crippen LogP contribution is -2.46. The van der Waals surface area contributed by atoms with Crippen LogP contribution in [0, 0.1) is 12.3 Å². The number of rotatable bonds is 3. The van der Waals surface area contributed by atoms with E-state index in [2.05, 4.69) is 21.5 Å². The number of hydrogen-bond acceptors (Lipinski definition) is 3. The van der Waals surface area contributed by atoms with Crippen LogP contribution in [0.2, 0.25) is 0 Å². The van der Waals surface area contributed by atoms with E-state index in [4.69, 9.17) is 6.42 Å². The molecule has 0 unspecified atom stereocenters. The number of nitrogens with zero attached hydrogens (tertiary/aromatic N) is 1. The molecule has 1 heterocycles. The summed E-state index contributed by atoms with van der Waals surface area (Å²) in [5, 5.41) is 6.12. The molecule has 0 radical (unpaired) electrons. The number of piperazine rings is 1. The Kier molecular flexibility index (Phi) is 4.35. The summed E-state index contributed by atoms with van der Waals surface area (Å²) >= 11 is 0. The van der Waals surface area contributed by atoms with E-state index in [9.17, 15) is 4.79 Å². The van der Waals surface area contributed by atoms with Gasteiger partial charge < -0.3 is 10.6 Å². The molecule has 1 aliphatic heterocycles. The van der Waals surface area contributed by atoms with Crippen molar-refractivity contribution in [3.8, 4) is 12.3 Å². The van der Waals surface area contributed by atoms with Crippen LogP contribution in [0.1, 0.15) is 5.56 Å². The molecule has 4 heteroatoms. The lowest BCUT2D eigenvalue weighted by atomic mass is 10.2. The Labute approximate surface area is 107 Å². The lowest BCUT2D eigenvalue weighted by molar-refractivity contribution is -0.117. The van der Waals surface area contributed by atoms with Gasteiger partial charge in [-0.15, -0.1) is 6.42 Å². The Morgan fingerprint density at radius 1 is 1.44 bits per heavy atom. The number of nitrogens with one attached hydrogen (secondary N) is 2. The minimum absolute atomic E-state index is 0.00562. The maximum atomic E-state index is 11.9. The first-order valence-corrected chi connectivity index (χ1v) is 6.07. The second-order valence-electron chi connectivity index (χ2n) is 4.30. The van der Waals surface area contributed by atoms with Gasteiger partial charge >= 0.3 is 0 Å². The van der Waals surface area contributed by atoms with Gasteiger partial charge in [0.15, 0.2) is 0 Å². The van der Waals surface area contributed by atoms with Crippen molar-refractivity contribution in [2.45, 2.75) is 0 Å². The molecule has 1 fully saturated rings. The van der Waals surface area contributed by atoms with Crippen molar-refractivity contribution in [1.82, 2.24) is 10.2 Å². The standard InChI is InChI=1S/C14H17N3O/c1-2-12-4-3-5-13(10-12)16-14(18)11-17-8-6-15-7-9-17/h1,3-5,10,15H,6-9,11H2,(H,16,18). The molecular formula is C14H17N3O. The number of benzene rings is 1. The number of terminal acetylenes is 1. The summed E-state index contributed by atoms with van der Waals surface area (Å²) in [6, 6.07) is 7.33. The van der Waals surface area contributed by atoms with E-state index in [0.29, 0.717) is 6.54 Å². The normalized spacial score (nSPS) is 15.9. The summed E-state index contributed by atoms with van der Waals surface area (Å²) in [5.74, 6) is 2.56. The molecule has 0 spiro atoms. The molecular weight excluding hydrogens is 226 g/mol. The molecule has 1 amide bonds. The molecule has 0 aliphatic carbocycles. The summed E-state index contributed by atoms with van der Waals surface area (Å²) in [4.78, 5) is 14.0. The van der Waals surface area contributed by atoms with E-state index in [-0.39, 0.29) is 5.91 Å². The highest BCUT2D eigenvalue weighted by Gasteiger charge is 2.13. The van der Waals surface area contributed by atoms with Crippen molar-refractivity contribution in [3.05, 3.63) is 29.8 Å². The zero-order chi connectivity index (χ0) is 12.8. The molecule has 0 saturated carbocycles. The first-order chi connectivity index (χ1) is 8.78. The van der Waals surface area contributed by atoms with Gasteiger partial charge in [0.05, 0.1) is 6.54 Å². The molecule has 18 heavy (non-hydrogen) atoms. The van der Waals surface area contributed by atoms with Gasteiger partial charge in [0, 0.05) is 37.4 Å². The van der Waals surface area contributed by atoms with Gasteiger partial charge in [0.1, 0.15) is 0 Å². The van der Waals surface area contributed by atoms with Gasteiger partial charge in [0.25, 0.3) is 0 Å². The monoisotopic (exact) mass is 243 g/mol. The zero-order valence-corrected chi connectivity index (χ0v) is 10.3. The Morgan fingerprint density at radius 3 is 2.94 bits per heavy atom. The van der Waals surface area contributed by atoms with Crippen molar-refractivity contribution < 1.29 is 4.79 Å². The fraction of sp³-hybridized carbons (Fsp3) is 0.357. The van der Waals surface area contributed by atoms with Crippen LogP contribution in [-0.2, 0) is 4.79 Å². The van der Waals surface area contributed by atoms with Gasteiger partial charge in [-0.2, -0.15) is 0 Å². The van der Waals surface area contributed by atoms with Crippen molar-refractivity contribution in [1.29, 1.82) is 0 Å². The largest absolute Gasteiger partial charge is 0.325 e. The van der Waals surface area contributed by atoms with Crippen molar-refractivity contribution in [3.63, 3.8) is 0 Å². The third kappa shape index (κ3) is 3.59. The molecule has 0 atom stereocenters. The third-order valence-corrected chi connectivity index (χ3v) is 2.89. The van der Waals surface area contributed by atoms with Crippen LogP contribution in [-0.4, -0.2) is 43.5 Å². The second kappa shape index (κ2) is 6.20. The highest BCUT2D eigenvalue weighted by Crippen LogP contribution is 2.09. The minimum atomic E-state index is 0.00562. The summed E-state index contributed by atoms with van der Waals surface area (Å²) in [5.41, 5.74) is 1.53.